The van der Waals surface area contributed by atoms with Gasteiger partial charge in [0.05, 0.1) is 21.8 Å². The third-order valence-electron chi connectivity index (χ3n) is 4.75. The van der Waals surface area contributed by atoms with Crippen LogP contribution in [0.4, 0.5) is 16.2 Å². The molecule has 0 saturated heterocycles. The lowest BCUT2D eigenvalue weighted by molar-refractivity contribution is 0.168. The van der Waals surface area contributed by atoms with E-state index in [4.69, 9.17) is 15.3 Å². The van der Waals surface area contributed by atoms with E-state index < -0.39 is 21.7 Å². The highest BCUT2D eigenvalue weighted by Gasteiger charge is 2.18. The third-order valence-corrected chi connectivity index (χ3v) is 6.43. The maximum atomic E-state index is 12.4. The van der Waals surface area contributed by atoms with E-state index in [1.807, 2.05) is 25.1 Å². The second-order valence-corrected chi connectivity index (χ2v) is 8.79. The smallest absolute Gasteiger partial charge is 0.411 e. The lowest BCUT2D eigenvalue weighted by Crippen LogP contribution is -2.22. The molecule has 0 aliphatic heterocycles. The summed E-state index contributed by atoms with van der Waals surface area (Å²) in [7, 11) is -3.79. The van der Waals surface area contributed by atoms with E-state index in [0.717, 1.165) is 30.4 Å². The van der Waals surface area contributed by atoms with Crippen molar-refractivity contribution in [1.82, 2.24) is 0 Å². The first kappa shape index (κ1) is 23.7. The van der Waals surface area contributed by atoms with Crippen LogP contribution in [0.25, 0.3) is 0 Å². The molecule has 2 aromatic carbocycles. The predicted molar refractivity (Wildman–Crippen MR) is 118 cm³/mol. The normalized spacial score (nSPS) is 10.6. The quantitative estimate of drug-likeness (QED) is 0.665. The van der Waals surface area contributed by atoms with Gasteiger partial charge in [-0.2, -0.15) is 10.5 Å². The number of amides is 1. The van der Waals surface area contributed by atoms with Crippen LogP contribution >= 0.6 is 0 Å². The Balaban J connectivity index is 1.98. The summed E-state index contributed by atoms with van der Waals surface area (Å²) in [4.78, 5) is 14.2. The molecular formula is C22H24N4O4S. The minimum atomic E-state index is -3.79. The second-order valence-electron chi connectivity index (χ2n) is 6.68. The van der Waals surface area contributed by atoms with E-state index in [9.17, 15) is 13.2 Å². The number of anilines is 2. The summed E-state index contributed by atoms with van der Waals surface area (Å²) in [5.41, 5.74) is 2.56. The van der Waals surface area contributed by atoms with Crippen LogP contribution in [0.5, 0.6) is 0 Å². The van der Waals surface area contributed by atoms with Crippen molar-refractivity contribution < 1.29 is 17.9 Å². The van der Waals surface area contributed by atoms with Crippen molar-refractivity contribution in [2.24, 2.45) is 0 Å². The second kappa shape index (κ2) is 10.5. The van der Waals surface area contributed by atoms with E-state index in [-0.39, 0.29) is 22.6 Å². The van der Waals surface area contributed by atoms with Gasteiger partial charge in [0.1, 0.15) is 18.7 Å². The number of carbonyl (C=O) groups is 1. The van der Waals surface area contributed by atoms with Gasteiger partial charge in [-0.05, 0) is 62.7 Å². The summed E-state index contributed by atoms with van der Waals surface area (Å²) in [6, 6.07) is 13.0. The Bertz CT molecular complexity index is 1140. The molecule has 0 spiro atoms. The van der Waals surface area contributed by atoms with Crippen LogP contribution in [0.1, 0.15) is 30.5 Å². The number of nitrogens with zero attached hydrogens (tertiary/aromatic N) is 3. The van der Waals surface area contributed by atoms with E-state index in [0.29, 0.717) is 5.69 Å². The first-order valence-electron chi connectivity index (χ1n) is 9.72. The Morgan fingerprint density at radius 3 is 2.32 bits per heavy atom. The Morgan fingerprint density at radius 2 is 1.74 bits per heavy atom. The zero-order chi connectivity index (χ0) is 23.0. The van der Waals surface area contributed by atoms with Crippen LogP contribution in [0.3, 0.4) is 0 Å². The lowest BCUT2D eigenvalue weighted by atomic mass is 10.1. The van der Waals surface area contributed by atoms with Crippen molar-refractivity contribution in [2.75, 3.05) is 35.7 Å². The minimum Gasteiger partial charge on any atom is -0.448 e. The largest absolute Gasteiger partial charge is 0.448 e. The molecule has 31 heavy (non-hydrogen) atoms. The summed E-state index contributed by atoms with van der Waals surface area (Å²) < 4.78 is 29.9. The van der Waals surface area contributed by atoms with E-state index in [2.05, 4.69) is 24.1 Å². The zero-order valence-electron chi connectivity index (χ0n) is 17.7. The highest BCUT2D eigenvalue weighted by Crippen LogP contribution is 2.23. The van der Waals surface area contributed by atoms with E-state index >= 15 is 0 Å². The van der Waals surface area contributed by atoms with Gasteiger partial charge in [-0.3, -0.25) is 5.32 Å². The molecule has 0 bridgehead atoms. The van der Waals surface area contributed by atoms with Crippen LogP contribution in [0, 0.1) is 29.6 Å². The van der Waals surface area contributed by atoms with Crippen LogP contribution in [0.2, 0.25) is 0 Å². The fourth-order valence-electron chi connectivity index (χ4n) is 2.99. The average molecular weight is 441 g/mol. The van der Waals surface area contributed by atoms with Gasteiger partial charge in [0.25, 0.3) is 0 Å². The van der Waals surface area contributed by atoms with Crippen LogP contribution in [-0.4, -0.2) is 40.0 Å². The SMILES string of the molecule is CCN(CC)c1ccc(NC(=O)OCCS(=O)(=O)c2ccc(C#N)c(C#N)c2)c(C)c1. The summed E-state index contributed by atoms with van der Waals surface area (Å²) in [6.45, 7) is 7.38. The van der Waals surface area contributed by atoms with Gasteiger partial charge in [0.15, 0.2) is 9.84 Å². The van der Waals surface area contributed by atoms with Crippen molar-refractivity contribution in [3.63, 3.8) is 0 Å². The molecule has 0 aliphatic rings. The number of hydrogen-bond donors (Lipinski definition) is 1. The van der Waals surface area contributed by atoms with Crippen molar-refractivity contribution >= 4 is 27.3 Å². The zero-order valence-corrected chi connectivity index (χ0v) is 18.5. The molecule has 162 valence electrons. The number of nitriles is 2. The molecule has 0 saturated carbocycles. The number of benzene rings is 2. The maximum Gasteiger partial charge on any atom is 0.411 e. The molecule has 0 heterocycles. The van der Waals surface area contributed by atoms with E-state index in [1.54, 1.807) is 12.1 Å². The third kappa shape index (κ3) is 5.97. The van der Waals surface area contributed by atoms with Crippen LogP contribution in [-0.2, 0) is 14.6 Å². The van der Waals surface area contributed by atoms with Gasteiger partial charge in [-0.15, -0.1) is 0 Å². The van der Waals surface area contributed by atoms with Gasteiger partial charge in [-0.25, -0.2) is 13.2 Å². The monoisotopic (exact) mass is 440 g/mol. The van der Waals surface area contributed by atoms with Gasteiger partial charge in [0, 0.05) is 24.5 Å². The molecule has 0 fully saturated rings. The summed E-state index contributed by atoms with van der Waals surface area (Å²) in [5.74, 6) is -0.447. The Kier molecular flexibility index (Phi) is 8.00. The number of nitrogens with one attached hydrogen (secondary N) is 1. The Morgan fingerprint density at radius 1 is 1.06 bits per heavy atom. The molecule has 0 radical (unpaired) electrons. The summed E-state index contributed by atoms with van der Waals surface area (Å²) in [5, 5.41) is 20.6. The van der Waals surface area contributed by atoms with Crippen molar-refractivity contribution in [1.29, 1.82) is 10.5 Å². The topological polar surface area (TPSA) is 123 Å². The maximum absolute atomic E-state index is 12.4. The summed E-state index contributed by atoms with van der Waals surface area (Å²) >= 11 is 0. The number of aryl methyl sites for hydroxylation is 1. The predicted octanol–water partition coefficient (Wildman–Crippen LogP) is 3.61. The fourth-order valence-corrected chi connectivity index (χ4v) is 4.10. The number of carbonyl (C=O) groups excluding carboxylic acids is 1. The van der Waals surface area contributed by atoms with E-state index in [1.165, 1.54) is 12.1 Å². The molecule has 9 heteroatoms. The first-order chi connectivity index (χ1) is 14.7. The van der Waals surface area contributed by atoms with Crippen LogP contribution < -0.4 is 10.2 Å². The van der Waals surface area contributed by atoms with Crippen molar-refractivity contribution in [2.45, 2.75) is 25.7 Å². The van der Waals surface area contributed by atoms with Gasteiger partial charge in [-0.1, -0.05) is 0 Å². The molecule has 0 aliphatic carbocycles. The minimum absolute atomic E-state index is 0.0223. The Hall–Kier alpha value is -3.56. The molecule has 1 amide bonds. The standard InChI is InChI=1S/C22H24N4O4S/c1-4-26(5-2)19-7-9-21(16(3)12-19)25-22(27)30-10-11-31(28,29)20-8-6-17(14-23)18(13-20)15-24/h6-9,12-13H,4-5,10-11H2,1-3H3,(H,25,27). The highest BCUT2D eigenvalue weighted by molar-refractivity contribution is 7.91. The molecule has 1 N–H and O–H groups in total. The van der Waals surface area contributed by atoms with Crippen molar-refractivity contribution in [3.8, 4) is 12.1 Å². The molecule has 2 aromatic rings. The molecule has 0 atom stereocenters. The van der Waals surface area contributed by atoms with Gasteiger partial charge in [0.2, 0.25) is 0 Å². The molecular weight excluding hydrogens is 416 g/mol. The first-order valence-corrected chi connectivity index (χ1v) is 11.4. The number of hydrogen-bond acceptors (Lipinski definition) is 7. The van der Waals surface area contributed by atoms with Crippen molar-refractivity contribution in [3.05, 3.63) is 53.1 Å². The molecule has 2 rings (SSSR count). The lowest BCUT2D eigenvalue weighted by Gasteiger charge is -2.22. The number of sulfone groups is 1. The van der Waals surface area contributed by atoms with Crippen LogP contribution in [0.15, 0.2) is 41.3 Å². The highest BCUT2D eigenvalue weighted by atomic mass is 32.2. The molecule has 0 aromatic heterocycles. The number of rotatable bonds is 8. The molecule has 8 nitrogen and oxygen atoms in total. The number of ether oxygens (including phenoxy) is 1. The Labute approximate surface area is 182 Å². The fraction of sp³-hybridized carbons (Fsp3) is 0.318. The van der Waals surface area contributed by atoms with Gasteiger partial charge >= 0.3 is 6.09 Å². The van der Waals surface area contributed by atoms with Gasteiger partial charge < -0.3 is 9.64 Å². The summed E-state index contributed by atoms with van der Waals surface area (Å²) in [6.07, 6.45) is -0.758. The average Bonchev–Trinajstić information content (AvgIpc) is 2.75. The molecule has 0 unspecified atom stereocenters.